The zero-order valence-corrected chi connectivity index (χ0v) is 15.7. The highest BCUT2D eigenvalue weighted by Gasteiger charge is 2.19. The fourth-order valence-electron chi connectivity index (χ4n) is 2.97. The van der Waals surface area contributed by atoms with Gasteiger partial charge in [0.2, 0.25) is 5.91 Å². The van der Waals surface area contributed by atoms with Gasteiger partial charge in [-0.25, -0.2) is 0 Å². The first-order valence-electron chi connectivity index (χ1n) is 8.38. The lowest BCUT2D eigenvalue weighted by atomic mass is 10.0. The second kappa shape index (κ2) is 9.62. The summed E-state index contributed by atoms with van der Waals surface area (Å²) in [6, 6.07) is 5.95. The fraction of sp³-hybridized carbons (Fsp3) is 0.526. The van der Waals surface area contributed by atoms with E-state index in [2.05, 4.69) is 6.08 Å². The predicted octanol–water partition coefficient (Wildman–Crippen LogP) is 3.90. The fourth-order valence-corrected chi connectivity index (χ4v) is 3.38. The van der Waals surface area contributed by atoms with Gasteiger partial charge in [0.15, 0.2) is 11.5 Å². The molecule has 1 aliphatic carbocycles. The Morgan fingerprint density at radius 3 is 2.62 bits per heavy atom. The third kappa shape index (κ3) is 4.94. The highest BCUT2D eigenvalue weighted by Crippen LogP contribution is 2.28. The van der Waals surface area contributed by atoms with E-state index >= 15 is 0 Å². The number of hydrogen-bond donors (Lipinski definition) is 0. The SMILES string of the molecule is COc1ccc(CCN(C(=O)CSC)C2=CCCCC2)cc1OC. The van der Waals surface area contributed by atoms with Crippen molar-refractivity contribution in [3.05, 3.63) is 35.5 Å². The van der Waals surface area contributed by atoms with Gasteiger partial charge in [-0.3, -0.25) is 4.79 Å². The van der Waals surface area contributed by atoms with Crippen molar-refractivity contribution in [2.24, 2.45) is 0 Å². The third-order valence-corrected chi connectivity index (χ3v) is 4.79. The van der Waals surface area contributed by atoms with Gasteiger partial charge in [-0.15, -0.1) is 0 Å². The maximum Gasteiger partial charge on any atom is 0.236 e. The molecule has 0 unspecified atom stereocenters. The largest absolute Gasteiger partial charge is 0.493 e. The monoisotopic (exact) mass is 349 g/mol. The first-order chi connectivity index (χ1) is 11.7. The van der Waals surface area contributed by atoms with Crippen molar-refractivity contribution in [2.75, 3.05) is 32.8 Å². The number of benzene rings is 1. The molecule has 1 aliphatic rings. The third-order valence-electron chi connectivity index (χ3n) is 4.25. The van der Waals surface area contributed by atoms with Gasteiger partial charge < -0.3 is 14.4 Å². The topological polar surface area (TPSA) is 38.8 Å². The van der Waals surface area contributed by atoms with Crippen molar-refractivity contribution in [1.82, 2.24) is 4.90 Å². The Labute approximate surface area is 149 Å². The van der Waals surface area contributed by atoms with E-state index < -0.39 is 0 Å². The molecular weight excluding hydrogens is 322 g/mol. The van der Waals surface area contributed by atoms with E-state index in [1.165, 1.54) is 18.5 Å². The molecule has 0 N–H and O–H groups in total. The highest BCUT2D eigenvalue weighted by atomic mass is 32.2. The molecule has 24 heavy (non-hydrogen) atoms. The minimum atomic E-state index is 0.205. The van der Waals surface area contributed by atoms with E-state index in [1.807, 2.05) is 29.4 Å². The first kappa shape index (κ1) is 18.7. The van der Waals surface area contributed by atoms with Gasteiger partial charge in [0.1, 0.15) is 0 Å². The Morgan fingerprint density at radius 2 is 2.00 bits per heavy atom. The van der Waals surface area contributed by atoms with Gasteiger partial charge in [-0.1, -0.05) is 12.1 Å². The summed E-state index contributed by atoms with van der Waals surface area (Å²) in [5, 5.41) is 0. The molecule has 0 saturated heterocycles. The Kier molecular flexibility index (Phi) is 7.50. The molecule has 4 nitrogen and oxygen atoms in total. The van der Waals surface area contributed by atoms with Gasteiger partial charge in [0, 0.05) is 12.2 Å². The summed E-state index contributed by atoms with van der Waals surface area (Å²) in [6.07, 6.45) is 9.49. The maximum absolute atomic E-state index is 12.5. The standard InChI is InChI=1S/C19H27NO3S/c1-22-17-10-9-15(13-18(17)23-2)11-12-20(19(21)14-24-3)16-7-5-4-6-8-16/h7,9-10,13H,4-6,8,11-12,14H2,1-3H3. The summed E-state index contributed by atoms with van der Waals surface area (Å²) in [5.41, 5.74) is 2.34. The molecule has 0 heterocycles. The van der Waals surface area contributed by atoms with Crippen LogP contribution < -0.4 is 9.47 Å². The number of nitrogens with zero attached hydrogens (tertiary/aromatic N) is 1. The zero-order chi connectivity index (χ0) is 17.4. The van der Waals surface area contributed by atoms with Gasteiger partial charge in [-0.2, -0.15) is 11.8 Å². The average molecular weight is 349 g/mol. The van der Waals surface area contributed by atoms with Crippen LogP contribution >= 0.6 is 11.8 Å². The summed E-state index contributed by atoms with van der Waals surface area (Å²) in [6.45, 7) is 0.709. The van der Waals surface area contributed by atoms with Crippen LogP contribution in [0.25, 0.3) is 0 Å². The minimum Gasteiger partial charge on any atom is -0.493 e. The lowest BCUT2D eigenvalue weighted by Gasteiger charge is -2.28. The molecule has 5 heteroatoms. The lowest BCUT2D eigenvalue weighted by Crippen LogP contribution is -2.34. The number of allylic oxidation sites excluding steroid dienone is 2. The molecule has 0 radical (unpaired) electrons. The molecule has 0 bridgehead atoms. The number of hydrogen-bond acceptors (Lipinski definition) is 4. The molecule has 0 spiro atoms. The number of amides is 1. The van der Waals surface area contributed by atoms with Crippen LogP contribution in [0.1, 0.15) is 31.2 Å². The van der Waals surface area contributed by atoms with E-state index in [9.17, 15) is 4.79 Å². The minimum absolute atomic E-state index is 0.205. The van der Waals surface area contributed by atoms with Crippen molar-refractivity contribution in [2.45, 2.75) is 32.1 Å². The van der Waals surface area contributed by atoms with E-state index in [-0.39, 0.29) is 5.91 Å². The molecule has 0 aliphatic heterocycles. The maximum atomic E-state index is 12.5. The average Bonchev–Trinajstić information content (AvgIpc) is 2.62. The van der Waals surface area contributed by atoms with Crippen LogP contribution in [-0.2, 0) is 11.2 Å². The van der Waals surface area contributed by atoms with Crippen molar-refractivity contribution in [3.63, 3.8) is 0 Å². The molecule has 1 amide bonds. The summed E-state index contributed by atoms with van der Waals surface area (Å²) >= 11 is 1.58. The molecule has 132 valence electrons. The molecular formula is C19H27NO3S. The number of ether oxygens (including phenoxy) is 2. The molecule has 0 atom stereocenters. The summed E-state index contributed by atoms with van der Waals surface area (Å²) in [4.78, 5) is 14.5. The molecule has 0 saturated carbocycles. The number of methoxy groups -OCH3 is 2. The van der Waals surface area contributed by atoms with E-state index in [0.29, 0.717) is 12.3 Å². The smallest absolute Gasteiger partial charge is 0.236 e. The molecule has 2 rings (SSSR count). The highest BCUT2D eigenvalue weighted by molar-refractivity contribution is 7.99. The number of carbonyl (C=O) groups is 1. The Bertz CT molecular complexity index is 586. The quantitative estimate of drug-likeness (QED) is 0.713. The van der Waals surface area contributed by atoms with Crippen LogP contribution in [-0.4, -0.2) is 43.6 Å². The van der Waals surface area contributed by atoms with Crippen LogP contribution in [0.4, 0.5) is 0 Å². The van der Waals surface area contributed by atoms with Crippen LogP contribution in [0.2, 0.25) is 0 Å². The van der Waals surface area contributed by atoms with E-state index in [4.69, 9.17) is 9.47 Å². The number of carbonyl (C=O) groups excluding carboxylic acids is 1. The van der Waals surface area contributed by atoms with Crippen molar-refractivity contribution >= 4 is 17.7 Å². The van der Waals surface area contributed by atoms with Gasteiger partial charge in [0.25, 0.3) is 0 Å². The zero-order valence-electron chi connectivity index (χ0n) is 14.8. The Hall–Kier alpha value is -1.62. The van der Waals surface area contributed by atoms with Gasteiger partial charge in [0.05, 0.1) is 20.0 Å². The van der Waals surface area contributed by atoms with Crippen LogP contribution in [0.3, 0.4) is 0 Å². The van der Waals surface area contributed by atoms with Crippen molar-refractivity contribution in [3.8, 4) is 11.5 Å². The van der Waals surface area contributed by atoms with E-state index in [1.54, 1.807) is 26.0 Å². The molecule has 1 aromatic carbocycles. The predicted molar refractivity (Wildman–Crippen MR) is 99.9 cm³/mol. The van der Waals surface area contributed by atoms with Crippen LogP contribution in [0.15, 0.2) is 30.0 Å². The number of thioether (sulfide) groups is 1. The lowest BCUT2D eigenvalue weighted by molar-refractivity contribution is -0.126. The van der Waals surface area contributed by atoms with Gasteiger partial charge in [-0.05, 0) is 56.1 Å². The summed E-state index contributed by atoms with van der Waals surface area (Å²) in [5.74, 6) is 2.19. The first-order valence-corrected chi connectivity index (χ1v) is 9.78. The summed E-state index contributed by atoms with van der Waals surface area (Å²) in [7, 11) is 3.28. The molecule has 0 aromatic heterocycles. The summed E-state index contributed by atoms with van der Waals surface area (Å²) < 4.78 is 10.6. The second-order valence-electron chi connectivity index (χ2n) is 5.86. The normalized spacial score (nSPS) is 14.0. The van der Waals surface area contributed by atoms with Crippen LogP contribution in [0.5, 0.6) is 11.5 Å². The van der Waals surface area contributed by atoms with Crippen molar-refractivity contribution < 1.29 is 14.3 Å². The van der Waals surface area contributed by atoms with Gasteiger partial charge >= 0.3 is 0 Å². The Morgan fingerprint density at radius 1 is 1.21 bits per heavy atom. The number of rotatable bonds is 8. The molecule has 0 fully saturated rings. The second-order valence-corrected chi connectivity index (χ2v) is 6.72. The molecule has 1 aromatic rings. The van der Waals surface area contributed by atoms with Crippen molar-refractivity contribution in [1.29, 1.82) is 0 Å². The Balaban J connectivity index is 2.09. The van der Waals surface area contributed by atoms with Crippen LogP contribution in [0, 0.1) is 0 Å². The van der Waals surface area contributed by atoms with E-state index in [0.717, 1.165) is 36.3 Å².